The van der Waals surface area contributed by atoms with Crippen LogP contribution >= 0.6 is 0 Å². The van der Waals surface area contributed by atoms with E-state index in [0.717, 1.165) is 5.56 Å². The van der Waals surface area contributed by atoms with E-state index in [1.54, 1.807) is 20.8 Å². The number of carbonyl (C=O) groups is 2. The number of aliphatic hydroxyl groups is 1. The number of aliphatic hydroxyl groups excluding tert-OH is 1. The molecule has 0 saturated carbocycles. The number of amides is 1. The average Bonchev–Trinajstić information content (AvgIpc) is 2.41. The van der Waals surface area contributed by atoms with Crippen LogP contribution in [0.3, 0.4) is 0 Å². The second-order valence-corrected chi connectivity index (χ2v) is 6.05. The Morgan fingerprint density at radius 1 is 1.23 bits per heavy atom. The van der Waals surface area contributed by atoms with Crippen molar-refractivity contribution in [3.05, 3.63) is 35.9 Å². The minimum atomic E-state index is -1.40. The molecule has 2 atom stereocenters. The van der Waals surface area contributed by atoms with Gasteiger partial charge in [-0.25, -0.2) is 9.59 Å². The van der Waals surface area contributed by atoms with Crippen molar-refractivity contribution in [2.75, 3.05) is 0 Å². The van der Waals surface area contributed by atoms with Crippen LogP contribution in [-0.2, 0) is 16.0 Å². The van der Waals surface area contributed by atoms with Crippen molar-refractivity contribution in [1.29, 1.82) is 0 Å². The predicted octanol–water partition coefficient (Wildman–Crippen LogP) is 1.96. The zero-order valence-corrected chi connectivity index (χ0v) is 13.1. The van der Waals surface area contributed by atoms with E-state index < -0.39 is 29.8 Å². The fourth-order valence-corrected chi connectivity index (χ4v) is 1.88. The van der Waals surface area contributed by atoms with E-state index in [1.165, 1.54) is 0 Å². The van der Waals surface area contributed by atoms with Crippen LogP contribution in [0, 0.1) is 0 Å². The molecule has 6 heteroatoms. The first-order valence-corrected chi connectivity index (χ1v) is 7.13. The van der Waals surface area contributed by atoms with E-state index in [-0.39, 0.29) is 6.42 Å². The number of hydrogen-bond donors (Lipinski definition) is 3. The lowest BCUT2D eigenvalue weighted by molar-refractivity contribution is -0.142. The molecule has 0 aliphatic carbocycles. The van der Waals surface area contributed by atoms with Crippen LogP contribution in [0.4, 0.5) is 4.79 Å². The Labute approximate surface area is 130 Å². The van der Waals surface area contributed by atoms with Crippen LogP contribution in [0.1, 0.15) is 32.8 Å². The van der Waals surface area contributed by atoms with E-state index >= 15 is 0 Å². The predicted molar refractivity (Wildman–Crippen MR) is 81.6 cm³/mol. The van der Waals surface area contributed by atoms with Gasteiger partial charge < -0.3 is 20.3 Å². The maximum Gasteiger partial charge on any atom is 0.408 e. The molecule has 0 unspecified atom stereocenters. The Morgan fingerprint density at radius 2 is 1.82 bits per heavy atom. The Balaban J connectivity index is 2.58. The Kier molecular flexibility index (Phi) is 6.37. The number of alkyl carbamates (subject to hydrolysis) is 1. The Bertz CT molecular complexity index is 495. The summed E-state index contributed by atoms with van der Waals surface area (Å²) in [6.07, 6.45) is -1.33. The van der Waals surface area contributed by atoms with Gasteiger partial charge in [0.1, 0.15) is 5.60 Å². The molecule has 0 aromatic heterocycles. The number of hydrogen-bond acceptors (Lipinski definition) is 4. The molecule has 0 fully saturated rings. The van der Waals surface area contributed by atoms with Crippen LogP contribution in [-0.4, -0.2) is 40.0 Å². The molecular weight excluding hydrogens is 286 g/mol. The SMILES string of the molecule is CC(C)(C)OC(=O)N[C@H](C(=O)O)[C@H](O)CCc1ccccc1. The van der Waals surface area contributed by atoms with Gasteiger partial charge in [0.05, 0.1) is 6.10 Å². The van der Waals surface area contributed by atoms with Crippen molar-refractivity contribution in [1.82, 2.24) is 5.32 Å². The summed E-state index contributed by atoms with van der Waals surface area (Å²) in [4.78, 5) is 22.9. The number of carbonyl (C=O) groups excluding carboxylic acids is 1. The lowest BCUT2D eigenvalue weighted by atomic mass is 10.0. The summed E-state index contributed by atoms with van der Waals surface area (Å²) in [6, 6.07) is 8.00. The third kappa shape index (κ3) is 6.58. The van der Waals surface area contributed by atoms with Crippen LogP contribution in [0.25, 0.3) is 0 Å². The first-order valence-electron chi connectivity index (χ1n) is 7.13. The van der Waals surface area contributed by atoms with Crippen LogP contribution < -0.4 is 5.32 Å². The minimum Gasteiger partial charge on any atom is -0.480 e. The van der Waals surface area contributed by atoms with E-state index in [4.69, 9.17) is 9.84 Å². The summed E-state index contributed by atoms with van der Waals surface area (Å²) < 4.78 is 5.01. The molecule has 122 valence electrons. The maximum atomic E-state index is 11.6. The number of benzene rings is 1. The van der Waals surface area contributed by atoms with Gasteiger partial charge in [-0.1, -0.05) is 30.3 Å². The lowest BCUT2D eigenvalue weighted by Crippen LogP contribution is -2.50. The minimum absolute atomic E-state index is 0.219. The smallest absolute Gasteiger partial charge is 0.408 e. The highest BCUT2D eigenvalue weighted by molar-refractivity contribution is 5.80. The quantitative estimate of drug-likeness (QED) is 0.746. The van der Waals surface area contributed by atoms with Gasteiger partial charge >= 0.3 is 12.1 Å². The van der Waals surface area contributed by atoms with Crippen molar-refractivity contribution < 1.29 is 24.5 Å². The second-order valence-electron chi connectivity index (χ2n) is 6.05. The summed E-state index contributed by atoms with van der Waals surface area (Å²) in [5.41, 5.74) is 0.255. The average molecular weight is 309 g/mol. The van der Waals surface area contributed by atoms with Gasteiger partial charge in [-0.2, -0.15) is 0 Å². The highest BCUT2D eigenvalue weighted by Gasteiger charge is 2.30. The van der Waals surface area contributed by atoms with Crippen molar-refractivity contribution in [2.45, 2.75) is 51.4 Å². The molecule has 1 aromatic carbocycles. The number of nitrogens with one attached hydrogen (secondary N) is 1. The van der Waals surface area contributed by atoms with Gasteiger partial charge in [-0.05, 0) is 39.2 Å². The van der Waals surface area contributed by atoms with E-state index in [1.807, 2.05) is 30.3 Å². The molecule has 0 heterocycles. The van der Waals surface area contributed by atoms with Crippen LogP contribution in [0.5, 0.6) is 0 Å². The zero-order valence-electron chi connectivity index (χ0n) is 13.1. The molecule has 3 N–H and O–H groups in total. The van der Waals surface area contributed by atoms with Crippen molar-refractivity contribution >= 4 is 12.1 Å². The van der Waals surface area contributed by atoms with Gasteiger partial charge in [0, 0.05) is 0 Å². The lowest BCUT2D eigenvalue weighted by Gasteiger charge is -2.24. The summed E-state index contributed by atoms with van der Waals surface area (Å²) in [7, 11) is 0. The van der Waals surface area contributed by atoms with Crippen LogP contribution in [0.2, 0.25) is 0 Å². The molecule has 0 radical (unpaired) electrons. The summed E-state index contributed by atoms with van der Waals surface area (Å²) >= 11 is 0. The number of rotatable bonds is 6. The van der Waals surface area contributed by atoms with Gasteiger partial charge in [0.15, 0.2) is 6.04 Å². The standard InChI is InChI=1S/C16H23NO5/c1-16(2,3)22-15(21)17-13(14(19)20)12(18)10-9-11-7-5-4-6-8-11/h4-8,12-13,18H,9-10H2,1-3H3,(H,17,21)(H,19,20)/t12-,13+/m1/s1. The number of carboxylic acid groups (broad SMARTS) is 1. The highest BCUT2D eigenvalue weighted by atomic mass is 16.6. The second kappa shape index (κ2) is 7.79. The van der Waals surface area contributed by atoms with Crippen LogP contribution in [0.15, 0.2) is 30.3 Å². The largest absolute Gasteiger partial charge is 0.480 e. The Hall–Kier alpha value is -2.08. The third-order valence-electron chi connectivity index (χ3n) is 2.89. The molecule has 1 amide bonds. The van der Waals surface area contributed by atoms with Gasteiger partial charge in [-0.15, -0.1) is 0 Å². The maximum absolute atomic E-state index is 11.6. The van der Waals surface area contributed by atoms with E-state index in [0.29, 0.717) is 6.42 Å². The first kappa shape index (κ1) is 18.0. The molecule has 0 aliphatic heterocycles. The van der Waals surface area contributed by atoms with Crippen molar-refractivity contribution in [3.8, 4) is 0 Å². The van der Waals surface area contributed by atoms with Gasteiger partial charge in [-0.3, -0.25) is 0 Å². The highest BCUT2D eigenvalue weighted by Crippen LogP contribution is 2.10. The fourth-order valence-electron chi connectivity index (χ4n) is 1.88. The van der Waals surface area contributed by atoms with E-state index in [2.05, 4.69) is 5.32 Å². The summed E-state index contributed by atoms with van der Waals surface area (Å²) in [5, 5.41) is 21.4. The topological polar surface area (TPSA) is 95.9 Å². The molecular formula is C16H23NO5. The van der Waals surface area contributed by atoms with Gasteiger partial charge in [0.2, 0.25) is 0 Å². The molecule has 6 nitrogen and oxygen atoms in total. The first-order chi connectivity index (χ1) is 10.2. The number of ether oxygens (including phenoxy) is 1. The van der Waals surface area contributed by atoms with E-state index in [9.17, 15) is 14.7 Å². The number of aliphatic carboxylic acids is 1. The Morgan fingerprint density at radius 3 is 2.32 bits per heavy atom. The molecule has 0 bridgehead atoms. The van der Waals surface area contributed by atoms with Gasteiger partial charge in [0.25, 0.3) is 0 Å². The monoisotopic (exact) mass is 309 g/mol. The third-order valence-corrected chi connectivity index (χ3v) is 2.89. The molecule has 1 rings (SSSR count). The normalized spacial score (nSPS) is 14.0. The molecule has 1 aromatic rings. The molecule has 0 saturated heterocycles. The molecule has 22 heavy (non-hydrogen) atoms. The number of aryl methyl sites for hydroxylation is 1. The van der Waals surface area contributed by atoms with Crippen molar-refractivity contribution in [3.63, 3.8) is 0 Å². The number of carboxylic acids is 1. The molecule has 0 spiro atoms. The fraction of sp³-hybridized carbons (Fsp3) is 0.500. The zero-order chi connectivity index (χ0) is 16.8. The summed E-state index contributed by atoms with van der Waals surface area (Å²) in [6.45, 7) is 5.02. The molecule has 0 aliphatic rings. The summed E-state index contributed by atoms with van der Waals surface area (Å²) in [5.74, 6) is -1.30. The van der Waals surface area contributed by atoms with Crippen molar-refractivity contribution in [2.24, 2.45) is 0 Å².